The Balaban J connectivity index is 2.92. The maximum absolute atomic E-state index is 12.4. The van der Waals surface area contributed by atoms with Gasteiger partial charge in [-0.05, 0) is 13.8 Å². The van der Waals surface area contributed by atoms with E-state index in [-0.39, 0.29) is 17.9 Å². The van der Waals surface area contributed by atoms with Crippen molar-refractivity contribution < 1.29 is 37.0 Å². The lowest BCUT2D eigenvalue weighted by Gasteiger charge is -2.19. The van der Waals surface area contributed by atoms with Crippen molar-refractivity contribution in [3.63, 3.8) is 0 Å². The van der Waals surface area contributed by atoms with Crippen molar-refractivity contribution in [2.75, 3.05) is 7.11 Å². The molecule has 1 rings (SSSR count). The molecule has 1 amide bonds. The number of H-pyrrole nitrogens is 1. The van der Waals surface area contributed by atoms with Gasteiger partial charge in [-0.1, -0.05) is 0 Å². The van der Waals surface area contributed by atoms with Crippen LogP contribution in [-0.4, -0.2) is 53.2 Å². The van der Waals surface area contributed by atoms with Gasteiger partial charge in [0.05, 0.1) is 13.2 Å². The molecule has 1 atom stereocenters. The van der Waals surface area contributed by atoms with E-state index in [0.29, 0.717) is 0 Å². The molecule has 0 saturated heterocycles. The van der Waals surface area contributed by atoms with Crippen LogP contribution in [0.1, 0.15) is 30.2 Å². The number of hydrogen-bond acceptors (Lipinski definition) is 6. The number of halogens is 3. The van der Waals surface area contributed by atoms with Crippen molar-refractivity contribution in [2.45, 2.75) is 38.6 Å². The summed E-state index contributed by atoms with van der Waals surface area (Å²) in [4.78, 5) is 40.4. The first-order valence-corrected chi connectivity index (χ1v) is 6.75. The number of amides is 1. The number of hydrogen-bond donors (Lipinski definition) is 2. The predicted molar refractivity (Wildman–Crippen MR) is 72.8 cm³/mol. The fraction of sp³-hybridized carbons (Fsp3) is 0.538. The van der Waals surface area contributed by atoms with Crippen molar-refractivity contribution in [1.29, 1.82) is 0 Å². The lowest BCUT2D eigenvalue weighted by Crippen LogP contribution is -2.49. The number of rotatable bonds is 6. The third-order valence-electron chi connectivity index (χ3n) is 2.63. The summed E-state index contributed by atoms with van der Waals surface area (Å²) in [6.07, 6.45) is -4.98. The molecule has 1 aromatic rings. The largest absolute Gasteiger partial charge is 0.471 e. The second-order valence-electron chi connectivity index (χ2n) is 4.96. The van der Waals surface area contributed by atoms with E-state index in [2.05, 4.69) is 14.7 Å². The molecule has 1 heterocycles. The van der Waals surface area contributed by atoms with Crippen molar-refractivity contribution in [1.82, 2.24) is 15.3 Å². The molecule has 0 saturated carbocycles. The van der Waals surface area contributed by atoms with Crippen LogP contribution in [0.5, 0.6) is 0 Å². The average Bonchev–Trinajstić information content (AvgIpc) is 2.92. The zero-order valence-electron chi connectivity index (χ0n) is 13.1. The quantitative estimate of drug-likeness (QED) is 0.732. The van der Waals surface area contributed by atoms with E-state index in [9.17, 15) is 27.6 Å². The molecule has 1 aromatic heterocycles. The Kier molecular flexibility index (Phi) is 6.32. The summed E-state index contributed by atoms with van der Waals surface area (Å²) in [5, 5.41) is 1.56. The van der Waals surface area contributed by atoms with Gasteiger partial charge < -0.3 is 19.8 Å². The van der Waals surface area contributed by atoms with Gasteiger partial charge in [0.25, 0.3) is 0 Å². The minimum Gasteiger partial charge on any atom is -0.463 e. The zero-order valence-corrected chi connectivity index (χ0v) is 13.1. The van der Waals surface area contributed by atoms with Crippen LogP contribution >= 0.6 is 0 Å². The maximum atomic E-state index is 12.4. The smallest absolute Gasteiger partial charge is 0.463 e. The summed E-state index contributed by atoms with van der Waals surface area (Å²) >= 11 is 0. The molecule has 134 valence electrons. The number of ether oxygens (including phenoxy) is 2. The van der Waals surface area contributed by atoms with E-state index < -0.39 is 36.2 Å². The third kappa shape index (κ3) is 5.56. The number of imidazole rings is 1. The molecule has 0 aliphatic carbocycles. The van der Waals surface area contributed by atoms with Crippen LogP contribution in [0.3, 0.4) is 0 Å². The van der Waals surface area contributed by atoms with E-state index in [1.165, 1.54) is 13.8 Å². The number of nitrogens with zero attached hydrogens (tertiary/aromatic N) is 1. The fourth-order valence-corrected chi connectivity index (χ4v) is 1.63. The summed E-state index contributed by atoms with van der Waals surface area (Å²) < 4.78 is 46.4. The van der Waals surface area contributed by atoms with Gasteiger partial charge in [0.2, 0.25) is 5.82 Å². The first-order chi connectivity index (χ1) is 11.0. The molecular formula is C13H16F3N3O5. The predicted octanol–water partition coefficient (Wildman–Crippen LogP) is 0.737. The van der Waals surface area contributed by atoms with Crippen LogP contribution in [0.25, 0.3) is 0 Å². The van der Waals surface area contributed by atoms with Crippen LogP contribution in [0, 0.1) is 0 Å². The van der Waals surface area contributed by atoms with Gasteiger partial charge in [0.15, 0.2) is 0 Å². The molecule has 0 bridgehead atoms. The van der Waals surface area contributed by atoms with E-state index in [0.717, 1.165) is 13.3 Å². The third-order valence-corrected chi connectivity index (χ3v) is 2.63. The lowest BCUT2D eigenvalue weighted by molar-refractivity contribution is -0.176. The molecule has 0 unspecified atom stereocenters. The highest BCUT2D eigenvalue weighted by molar-refractivity contribution is 5.88. The minimum atomic E-state index is -5.15. The highest BCUT2D eigenvalue weighted by Gasteiger charge is 2.41. The second-order valence-corrected chi connectivity index (χ2v) is 4.96. The SMILES string of the molecule is COC(=O)c1ncc(C[C@H](NC(=O)C(F)(F)F)C(=O)OC(C)C)[nH]1. The van der Waals surface area contributed by atoms with Crippen LogP contribution in [-0.2, 0) is 25.5 Å². The van der Waals surface area contributed by atoms with Crippen molar-refractivity contribution in [3.8, 4) is 0 Å². The van der Waals surface area contributed by atoms with Gasteiger partial charge in [0, 0.05) is 18.3 Å². The average molecular weight is 351 g/mol. The summed E-state index contributed by atoms with van der Waals surface area (Å²) in [6, 6.07) is -1.60. The fourth-order valence-electron chi connectivity index (χ4n) is 1.63. The molecule has 0 aliphatic rings. The normalized spacial score (nSPS) is 12.6. The monoisotopic (exact) mass is 351 g/mol. The molecule has 0 aromatic carbocycles. The van der Waals surface area contributed by atoms with Gasteiger partial charge in [-0.2, -0.15) is 13.2 Å². The first-order valence-electron chi connectivity index (χ1n) is 6.75. The molecule has 8 nitrogen and oxygen atoms in total. The molecule has 24 heavy (non-hydrogen) atoms. The number of carbonyl (C=O) groups is 3. The van der Waals surface area contributed by atoms with E-state index in [1.807, 2.05) is 0 Å². The van der Waals surface area contributed by atoms with Crippen LogP contribution < -0.4 is 5.32 Å². The summed E-state index contributed by atoms with van der Waals surface area (Å²) in [6.45, 7) is 3.01. The number of methoxy groups -OCH3 is 1. The Morgan fingerprint density at radius 1 is 1.33 bits per heavy atom. The van der Waals surface area contributed by atoms with Crippen LogP contribution in [0.4, 0.5) is 13.2 Å². The molecule has 2 N–H and O–H groups in total. The van der Waals surface area contributed by atoms with E-state index in [4.69, 9.17) is 4.74 Å². The number of aromatic amines is 1. The van der Waals surface area contributed by atoms with Gasteiger partial charge in [-0.15, -0.1) is 0 Å². The minimum absolute atomic E-state index is 0.142. The number of alkyl halides is 3. The van der Waals surface area contributed by atoms with Gasteiger partial charge in [0.1, 0.15) is 6.04 Å². The highest BCUT2D eigenvalue weighted by atomic mass is 19.4. The summed E-state index contributed by atoms with van der Waals surface area (Å²) in [5.74, 6) is -4.30. The Morgan fingerprint density at radius 3 is 2.46 bits per heavy atom. The highest BCUT2D eigenvalue weighted by Crippen LogP contribution is 2.15. The molecule has 0 spiro atoms. The maximum Gasteiger partial charge on any atom is 0.471 e. The van der Waals surface area contributed by atoms with Crippen molar-refractivity contribution in [3.05, 3.63) is 17.7 Å². The first kappa shape index (κ1) is 19.5. The van der Waals surface area contributed by atoms with E-state index >= 15 is 0 Å². The summed E-state index contributed by atoms with van der Waals surface area (Å²) in [5.41, 5.74) is 0.142. The van der Waals surface area contributed by atoms with Gasteiger partial charge >= 0.3 is 24.0 Å². The molecule has 11 heteroatoms. The zero-order chi connectivity index (χ0) is 18.5. The Hall–Kier alpha value is -2.59. The number of carbonyl (C=O) groups excluding carboxylic acids is 3. The summed E-state index contributed by atoms with van der Waals surface area (Å²) in [7, 11) is 1.12. The lowest BCUT2D eigenvalue weighted by atomic mass is 10.1. The Labute approximate surface area is 134 Å². The van der Waals surface area contributed by atoms with Crippen LogP contribution in [0.2, 0.25) is 0 Å². The Bertz CT molecular complexity index is 612. The van der Waals surface area contributed by atoms with Crippen molar-refractivity contribution >= 4 is 17.8 Å². The number of aromatic nitrogens is 2. The molecule has 0 radical (unpaired) electrons. The second kappa shape index (κ2) is 7.79. The van der Waals surface area contributed by atoms with Gasteiger partial charge in [-0.3, -0.25) is 4.79 Å². The van der Waals surface area contributed by atoms with Crippen LogP contribution in [0.15, 0.2) is 6.20 Å². The Morgan fingerprint density at radius 2 is 1.96 bits per heavy atom. The molecule has 0 aliphatic heterocycles. The van der Waals surface area contributed by atoms with Crippen molar-refractivity contribution in [2.24, 2.45) is 0 Å². The number of esters is 2. The van der Waals surface area contributed by atoms with E-state index in [1.54, 1.807) is 5.32 Å². The topological polar surface area (TPSA) is 110 Å². The standard InChI is InChI=1S/C13H16F3N3O5/c1-6(2)24-10(20)8(19-12(22)13(14,15)16)4-7-5-17-9(18-7)11(21)23-3/h5-6,8H,4H2,1-3H3,(H,17,18)(H,19,22)/t8-/m0/s1. The molecular weight excluding hydrogens is 335 g/mol. The number of nitrogens with one attached hydrogen (secondary N) is 2. The molecule has 0 fully saturated rings. The van der Waals surface area contributed by atoms with Gasteiger partial charge in [-0.25, -0.2) is 14.6 Å².